The molecule has 0 aromatic heterocycles. The van der Waals surface area contributed by atoms with Gasteiger partial charge in [0.25, 0.3) is 0 Å². The summed E-state index contributed by atoms with van der Waals surface area (Å²) in [5, 5.41) is 19.0. The second-order valence-electron chi connectivity index (χ2n) is 3.50. The topological polar surface area (TPSA) is 66.8 Å². The molecule has 17 heavy (non-hydrogen) atoms. The monoisotopic (exact) mass is 246 g/mol. The molecule has 0 aliphatic rings. The Morgan fingerprint density at radius 3 is 2.29 bits per heavy atom. The predicted octanol–water partition coefficient (Wildman–Crippen LogP) is 0.922. The Bertz CT molecular complexity index is 388. The normalized spacial score (nSPS) is 14.2. The summed E-state index contributed by atoms with van der Waals surface area (Å²) in [6.45, 7) is 0. The van der Waals surface area contributed by atoms with Crippen molar-refractivity contribution in [2.24, 2.45) is 0 Å². The molecule has 94 valence electrons. The summed E-state index contributed by atoms with van der Waals surface area (Å²) in [4.78, 5) is 10.9. The molecule has 1 aromatic rings. The van der Waals surface area contributed by atoms with Crippen LogP contribution < -0.4 is 0 Å². The Labute approximate surface area is 96.5 Å². The largest absolute Gasteiger partial charge is 0.469 e. The van der Waals surface area contributed by atoms with E-state index in [0.717, 1.165) is 19.2 Å². The third-order valence-corrected chi connectivity index (χ3v) is 2.19. The SMILES string of the molecule is COC(=O)CC(O)C(O)c1cc(F)cc(F)c1. The van der Waals surface area contributed by atoms with Gasteiger partial charge in [-0.05, 0) is 17.7 Å². The highest BCUT2D eigenvalue weighted by Gasteiger charge is 2.22. The average molecular weight is 246 g/mol. The van der Waals surface area contributed by atoms with Crippen LogP contribution in [0, 0.1) is 11.6 Å². The van der Waals surface area contributed by atoms with E-state index in [9.17, 15) is 23.8 Å². The van der Waals surface area contributed by atoms with Gasteiger partial charge in [-0.25, -0.2) is 8.78 Å². The minimum atomic E-state index is -1.56. The van der Waals surface area contributed by atoms with Crippen molar-refractivity contribution < 1.29 is 28.5 Å². The molecular weight excluding hydrogens is 234 g/mol. The molecule has 4 nitrogen and oxygen atoms in total. The van der Waals surface area contributed by atoms with Crippen LogP contribution in [0.15, 0.2) is 18.2 Å². The number of carbonyl (C=O) groups excluding carboxylic acids is 1. The number of esters is 1. The molecule has 0 aliphatic heterocycles. The van der Waals surface area contributed by atoms with Crippen LogP contribution in [0.1, 0.15) is 18.1 Å². The van der Waals surface area contributed by atoms with Crippen molar-refractivity contribution in [2.75, 3.05) is 7.11 Å². The quantitative estimate of drug-likeness (QED) is 0.775. The number of aliphatic hydroxyl groups excluding tert-OH is 2. The molecule has 0 saturated carbocycles. The zero-order valence-corrected chi connectivity index (χ0v) is 9.06. The third kappa shape index (κ3) is 3.76. The van der Waals surface area contributed by atoms with E-state index in [-0.39, 0.29) is 5.56 Å². The van der Waals surface area contributed by atoms with Crippen molar-refractivity contribution in [1.82, 2.24) is 0 Å². The van der Waals surface area contributed by atoms with E-state index in [1.807, 2.05) is 0 Å². The summed E-state index contributed by atoms with van der Waals surface area (Å²) in [5.74, 6) is -2.47. The van der Waals surface area contributed by atoms with Crippen molar-refractivity contribution in [1.29, 1.82) is 0 Å². The molecule has 0 radical (unpaired) electrons. The predicted molar refractivity (Wildman–Crippen MR) is 54.0 cm³/mol. The minimum Gasteiger partial charge on any atom is -0.469 e. The van der Waals surface area contributed by atoms with Crippen LogP contribution in [0.4, 0.5) is 8.78 Å². The van der Waals surface area contributed by atoms with Gasteiger partial charge in [0, 0.05) is 6.07 Å². The van der Waals surface area contributed by atoms with Gasteiger partial charge in [0.05, 0.1) is 19.6 Å². The third-order valence-electron chi connectivity index (χ3n) is 2.19. The number of benzene rings is 1. The van der Waals surface area contributed by atoms with Crippen molar-refractivity contribution in [3.63, 3.8) is 0 Å². The van der Waals surface area contributed by atoms with Gasteiger partial charge in [0.15, 0.2) is 0 Å². The first-order valence-corrected chi connectivity index (χ1v) is 4.83. The summed E-state index contributed by atoms with van der Waals surface area (Å²) < 4.78 is 30.0. The molecule has 2 N–H and O–H groups in total. The summed E-state index contributed by atoms with van der Waals surface area (Å²) in [6, 6.07) is 2.41. The Balaban J connectivity index is 2.80. The van der Waals surface area contributed by atoms with Crippen LogP contribution in [-0.2, 0) is 9.53 Å². The van der Waals surface area contributed by atoms with Gasteiger partial charge in [-0.15, -0.1) is 0 Å². The van der Waals surface area contributed by atoms with E-state index < -0.39 is 36.2 Å². The molecule has 1 aromatic carbocycles. The van der Waals surface area contributed by atoms with E-state index in [1.165, 1.54) is 0 Å². The highest BCUT2D eigenvalue weighted by atomic mass is 19.1. The summed E-state index contributed by atoms with van der Waals surface area (Å²) in [5.41, 5.74) is -0.140. The number of aliphatic hydroxyl groups is 2. The fourth-order valence-corrected chi connectivity index (χ4v) is 1.33. The Kier molecular flexibility index (Phi) is 4.53. The molecule has 0 amide bonds. The molecule has 2 unspecified atom stereocenters. The van der Waals surface area contributed by atoms with Gasteiger partial charge in [-0.3, -0.25) is 4.79 Å². The number of rotatable bonds is 4. The molecule has 0 bridgehead atoms. The van der Waals surface area contributed by atoms with Crippen LogP contribution in [0.5, 0.6) is 0 Å². The molecular formula is C11H12F2O4. The van der Waals surface area contributed by atoms with Gasteiger partial charge < -0.3 is 14.9 Å². The lowest BCUT2D eigenvalue weighted by molar-refractivity contribution is -0.144. The molecule has 0 saturated heterocycles. The fourth-order valence-electron chi connectivity index (χ4n) is 1.33. The molecule has 0 fully saturated rings. The first-order chi connectivity index (χ1) is 7.93. The van der Waals surface area contributed by atoms with Crippen LogP contribution in [0.25, 0.3) is 0 Å². The van der Waals surface area contributed by atoms with E-state index in [4.69, 9.17) is 0 Å². The van der Waals surface area contributed by atoms with Gasteiger partial charge in [-0.1, -0.05) is 0 Å². The smallest absolute Gasteiger partial charge is 0.308 e. The van der Waals surface area contributed by atoms with Gasteiger partial charge in [0.2, 0.25) is 0 Å². The molecule has 6 heteroatoms. The number of halogens is 2. The van der Waals surface area contributed by atoms with Crippen molar-refractivity contribution >= 4 is 5.97 Å². The van der Waals surface area contributed by atoms with Gasteiger partial charge >= 0.3 is 5.97 Å². The van der Waals surface area contributed by atoms with Crippen LogP contribution in [0.2, 0.25) is 0 Å². The van der Waals surface area contributed by atoms with E-state index >= 15 is 0 Å². The molecule has 0 spiro atoms. The molecule has 0 heterocycles. The van der Waals surface area contributed by atoms with E-state index in [1.54, 1.807) is 0 Å². The van der Waals surface area contributed by atoms with Crippen molar-refractivity contribution in [2.45, 2.75) is 18.6 Å². The van der Waals surface area contributed by atoms with Gasteiger partial charge in [-0.2, -0.15) is 0 Å². The maximum Gasteiger partial charge on any atom is 0.308 e. The Hall–Kier alpha value is -1.53. The molecule has 1 rings (SSSR count). The fraction of sp³-hybridized carbons (Fsp3) is 0.364. The van der Waals surface area contributed by atoms with Crippen LogP contribution >= 0.6 is 0 Å². The lowest BCUT2D eigenvalue weighted by Gasteiger charge is -2.17. The summed E-state index contributed by atoms with van der Waals surface area (Å²) in [6.07, 6.45) is -3.50. The van der Waals surface area contributed by atoms with Crippen molar-refractivity contribution in [3.8, 4) is 0 Å². The molecule has 0 aliphatic carbocycles. The average Bonchev–Trinajstić information content (AvgIpc) is 2.26. The zero-order chi connectivity index (χ0) is 13.0. The lowest BCUT2D eigenvalue weighted by Crippen LogP contribution is -2.22. The number of hydrogen-bond donors (Lipinski definition) is 2. The second-order valence-corrected chi connectivity index (χ2v) is 3.50. The van der Waals surface area contributed by atoms with E-state index in [0.29, 0.717) is 6.07 Å². The van der Waals surface area contributed by atoms with E-state index in [2.05, 4.69) is 4.74 Å². The summed E-state index contributed by atoms with van der Waals surface area (Å²) in [7, 11) is 1.13. The summed E-state index contributed by atoms with van der Waals surface area (Å²) >= 11 is 0. The Morgan fingerprint density at radius 2 is 1.82 bits per heavy atom. The second kappa shape index (κ2) is 5.70. The highest BCUT2D eigenvalue weighted by Crippen LogP contribution is 2.21. The van der Waals surface area contributed by atoms with Crippen LogP contribution in [0.3, 0.4) is 0 Å². The Morgan fingerprint density at radius 1 is 1.29 bits per heavy atom. The minimum absolute atomic E-state index is 0.140. The van der Waals surface area contributed by atoms with Gasteiger partial charge in [0.1, 0.15) is 17.7 Å². The van der Waals surface area contributed by atoms with Crippen LogP contribution in [-0.4, -0.2) is 29.4 Å². The maximum absolute atomic E-state index is 12.9. The number of ether oxygens (including phenoxy) is 1. The number of hydrogen-bond acceptors (Lipinski definition) is 4. The highest BCUT2D eigenvalue weighted by molar-refractivity contribution is 5.69. The number of carbonyl (C=O) groups is 1. The number of methoxy groups -OCH3 is 1. The zero-order valence-electron chi connectivity index (χ0n) is 9.06. The maximum atomic E-state index is 12.9. The standard InChI is InChI=1S/C11H12F2O4/c1-17-10(15)5-9(14)11(16)6-2-7(12)4-8(13)3-6/h2-4,9,11,14,16H,5H2,1H3. The lowest BCUT2D eigenvalue weighted by atomic mass is 10.0. The first-order valence-electron chi connectivity index (χ1n) is 4.83. The van der Waals surface area contributed by atoms with Crippen molar-refractivity contribution in [3.05, 3.63) is 35.4 Å². The first kappa shape index (κ1) is 13.5. The molecule has 2 atom stereocenters.